The van der Waals surface area contributed by atoms with Gasteiger partial charge in [0.2, 0.25) is 0 Å². The minimum atomic E-state index is 0. The van der Waals surface area contributed by atoms with E-state index in [1.165, 1.54) is 55.3 Å². The van der Waals surface area contributed by atoms with E-state index in [1.54, 1.807) is 0 Å². The number of benzene rings is 6. The molecule has 0 saturated carbocycles. The van der Waals surface area contributed by atoms with Crippen LogP contribution in [0.2, 0.25) is 0 Å². The Morgan fingerprint density at radius 3 is 1.65 bits per heavy atom. The highest BCUT2D eigenvalue weighted by Crippen LogP contribution is 2.37. The molecule has 0 fully saturated rings. The van der Waals surface area contributed by atoms with Crippen LogP contribution in [0.15, 0.2) is 155 Å². The largest absolute Gasteiger partial charge is 0.309 e. The smallest absolute Gasteiger partial charge is 0.0541 e. The van der Waals surface area contributed by atoms with E-state index in [9.17, 15) is 0 Å². The molecular formula is C43H49Br2N. The summed E-state index contributed by atoms with van der Waals surface area (Å²) in [6.07, 6.45) is 1.08. The van der Waals surface area contributed by atoms with Crippen molar-refractivity contribution in [1.29, 1.82) is 0 Å². The van der Waals surface area contributed by atoms with Crippen molar-refractivity contribution < 1.29 is 0 Å². The van der Waals surface area contributed by atoms with E-state index in [0.29, 0.717) is 0 Å². The summed E-state index contributed by atoms with van der Waals surface area (Å²) in [7, 11) is 0. The first-order chi connectivity index (χ1) is 20.1. The summed E-state index contributed by atoms with van der Waals surface area (Å²) in [5.74, 6) is 0. The van der Waals surface area contributed by atoms with Gasteiger partial charge in [0, 0.05) is 25.4 Å². The van der Waals surface area contributed by atoms with E-state index in [4.69, 9.17) is 0 Å². The van der Waals surface area contributed by atoms with Crippen LogP contribution in [0.25, 0.3) is 38.6 Å². The van der Waals surface area contributed by atoms with Crippen molar-refractivity contribution in [3.8, 4) is 16.8 Å². The predicted octanol–water partition coefficient (Wildman–Crippen LogP) is 14.7. The topological polar surface area (TPSA) is 4.93 Å². The lowest BCUT2D eigenvalue weighted by Crippen LogP contribution is -1.92. The van der Waals surface area contributed by atoms with Gasteiger partial charge >= 0.3 is 0 Å². The number of nitrogens with zero attached hydrogens (tertiary/aromatic N) is 1. The number of hydrogen-bond acceptors (Lipinski definition) is 0. The molecular weight excluding hydrogens is 690 g/mol. The highest BCUT2D eigenvalue weighted by molar-refractivity contribution is 9.10. The molecule has 8 rings (SSSR count). The third kappa shape index (κ3) is 8.66. The van der Waals surface area contributed by atoms with E-state index in [0.717, 1.165) is 15.4 Å². The molecule has 0 spiro atoms. The lowest BCUT2D eigenvalue weighted by molar-refractivity contribution is 1.18. The van der Waals surface area contributed by atoms with Crippen LogP contribution in [-0.4, -0.2) is 4.57 Å². The summed E-state index contributed by atoms with van der Waals surface area (Å²) in [6.45, 7) is 2.08. The molecule has 46 heavy (non-hydrogen) atoms. The predicted molar refractivity (Wildman–Crippen MR) is 216 cm³/mol. The Morgan fingerprint density at radius 1 is 0.457 bits per heavy atom. The molecule has 1 heterocycles. The molecule has 1 aliphatic carbocycles. The van der Waals surface area contributed by atoms with Gasteiger partial charge in [0.05, 0.1) is 11.0 Å². The number of fused-ring (bicyclic) bond motifs is 6. The van der Waals surface area contributed by atoms with Gasteiger partial charge in [0.15, 0.2) is 0 Å². The number of para-hydroxylation sites is 2. The van der Waals surface area contributed by atoms with Crippen molar-refractivity contribution in [2.75, 3.05) is 0 Å². The Morgan fingerprint density at radius 2 is 0.978 bits per heavy atom. The molecule has 0 unspecified atom stereocenters. The number of aryl methyl sites for hydroxylation is 1. The molecule has 1 aromatic heterocycles. The fraction of sp³-hybridized carbons (Fsp3) is 0.163. The molecule has 7 aromatic rings. The SMILES string of the molecule is Brc1ccc2c(c1)-c1ccccc1C2.Brc1ccc2c(c1)c1ccccc1n2-c1ccccc1.C.C.C.C.C.Cc1ccccc1. The van der Waals surface area contributed by atoms with Crippen LogP contribution < -0.4 is 0 Å². The fourth-order valence-electron chi connectivity index (χ4n) is 5.43. The van der Waals surface area contributed by atoms with Crippen LogP contribution in [0.5, 0.6) is 0 Å². The Labute approximate surface area is 295 Å². The number of halogens is 2. The van der Waals surface area contributed by atoms with Crippen LogP contribution in [0.4, 0.5) is 0 Å². The molecule has 0 amide bonds. The van der Waals surface area contributed by atoms with E-state index >= 15 is 0 Å². The first-order valence-corrected chi connectivity index (χ1v) is 15.3. The monoisotopic (exact) mass is 737 g/mol. The number of rotatable bonds is 1. The molecule has 0 atom stereocenters. The van der Waals surface area contributed by atoms with E-state index in [1.807, 2.05) is 24.3 Å². The van der Waals surface area contributed by atoms with Gasteiger partial charge in [0.1, 0.15) is 0 Å². The van der Waals surface area contributed by atoms with Gasteiger partial charge in [-0.2, -0.15) is 0 Å². The van der Waals surface area contributed by atoms with Gasteiger partial charge in [-0.15, -0.1) is 0 Å². The molecule has 6 aromatic carbocycles. The van der Waals surface area contributed by atoms with Crippen LogP contribution in [0, 0.1) is 6.92 Å². The third-order valence-corrected chi connectivity index (χ3v) is 8.34. The van der Waals surface area contributed by atoms with Gasteiger partial charge in [-0.1, -0.05) is 172 Å². The van der Waals surface area contributed by atoms with Gasteiger partial charge in [0.25, 0.3) is 0 Å². The molecule has 1 aliphatic rings. The number of aromatic nitrogens is 1. The summed E-state index contributed by atoms with van der Waals surface area (Å²) in [5.41, 5.74) is 10.7. The lowest BCUT2D eigenvalue weighted by Gasteiger charge is -2.07. The second-order valence-electron chi connectivity index (χ2n) is 10.1. The Hall–Kier alpha value is -3.92. The second-order valence-corrected chi connectivity index (χ2v) is 12.0. The van der Waals surface area contributed by atoms with Crippen LogP contribution in [0.3, 0.4) is 0 Å². The van der Waals surface area contributed by atoms with Crippen LogP contribution >= 0.6 is 31.9 Å². The van der Waals surface area contributed by atoms with Crippen LogP contribution in [-0.2, 0) is 6.42 Å². The summed E-state index contributed by atoms with van der Waals surface area (Å²) in [6, 6.07) is 50.9. The second kappa shape index (κ2) is 18.3. The summed E-state index contributed by atoms with van der Waals surface area (Å²) in [5, 5.41) is 2.56. The maximum atomic E-state index is 3.57. The Kier molecular flexibility index (Phi) is 15.9. The maximum Gasteiger partial charge on any atom is 0.0541 e. The van der Waals surface area contributed by atoms with Gasteiger partial charge in [-0.3, -0.25) is 0 Å². The van der Waals surface area contributed by atoms with E-state index in [-0.39, 0.29) is 37.1 Å². The third-order valence-electron chi connectivity index (χ3n) is 7.35. The molecule has 240 valence electrons. The molecule has 1 nitrogen and oxygen atoms in total. The van der Waals surface area contributed by atoms with Crippen molar-refractivity contribution in [2.45, 2.75) is 50.5 Å². The van der Waals surface area contributed by atoms with Crippen molar-refractivity contribution in [3.05, 3.63) is 171 Å². The highest BCUT2D eigenvalue weighted by atomic mass is 79.9. The average molecular weight is 740 g/mol. The number of hydrogen-bond donors (Lipinski definition) is 0. The molecule has 0 radical (unpaired) electrons. The molecule has 0 aliphatic heterocycles. The quantitative estimate of drug-likeness (QED) is 0.158. The van der Waals surface area contributed by atoms with Crippen LogP contribution in [0.1, 0.15) is 53.8 Å². The highest BCUT2D eigenvalue weighted by Gasteiger charge is 2.17. The maximum absolute atomic E-state index is 3.57. The fourth-order valence-corrected chi connectivity index (χ4v) is 6.15. The van der Waals surface area contributed by atoms with Crippen molar-refractivity contribution in [2.24, 2.45) is 0 Å². The first-order valence-electron chi connectivity index (χ1n) is 13.7. The average Bonchev–Trinajstić information content (AvgIpc) is 3.54. The van der Waals surface area contributed by atoms with E-state index < -0.39 is 0 Å². The normalized spacial score (nSPS) is 9.98. The Bertz CT molecular complexity index is 1940. The zero-order valence-electron chi connectivity index (χ0n) is 22.8. The van der Waals surface area contributed by atoms with Gasteiger partial charge in [-0.05, 0) is 84.1 Å². The molecule has 3 heteroatoms. The molecule has 0 N–H and O–H groups in total. The zero-order valence-corrected chi connectivity index (χ0v) is 25.9. The first kappa shape index (κ1) is 40.1. The Balaban J connectivity index is 0.000000360. The molecule has 0 bridgehead atoms. The minimum Gasteiger partial charge on any atom is -0.309 e. The van der Waals surface area contributed by atoms with E-state index in [2.05, 4.69) is 165 Å². The summed E-state index contributed by atoms with van der Waals surface area (Å²) >= 11 is 7.09. The van der Waals surface area contributed by atoms with Crippen molar-refractivity contribution in [3.63, 3.8) is 0 Å². The van der Waals surface area contributed by atoms with Gasteiger partial charge in [-0.25, -0.2) is 0 Å². The zero-order chi connectivity index (χ0) is 28.2. The summed E-state index contributed by atoms with van der Waals surface area (Å²) in [4.78, 5) is 0. The van der Waals surface area contributed by atoms with Crippen molar-refractivity contribution >= 4 is 53.7 Å². The van der Waals surface area contributed by atoms with Crippen molar-refractivity contribution in [1.82, 2.24) is 4.57 Å². The lowest BCUT2D eigenvalue weighted by atomic mass is 10.1. The minimum absolute atomic E-state index is 0. The standard InChI is InChI=1S/C18H12BrN.C13H9Br.C7H8.5CH4/c19-13-10-11-18-16(12-13)15-8-4-5-9-17(15)20(18)14-6-2-1-3-7-14;14-11-6-5-10-7-9-3-1-2-4-12(9)13(10)8-11;1-7-5-3-2-4-6-7;;;;;/h1-12H;1-6,8H,7H2;2-6H,1H3;5*1H4. The summed E-state index contributed by atoms with van der Waals surface area (Å²) < 4.78 is 4.59. The van der Waals surface area contributed by atoms with Gasteiger partial charge < -0.3 is 4.57 Å². The molecule has 0 saturated heterocycles.